The van der Waals surface area contributed by atoms with Crippen LogP contribution in [0.1, 0.15) is 30.5 Å². The number of anilines is 1. The molecule has 154 valence electrons. The molecular weight excluding hydrogens is 463 g/mol. The first-order valence-corrected chi connectivity index (χ1v) is 9.69. The Kier molecular flexibility index (Phi) is 8.15. The zero-order valence-electron chi connectivity index (χ0n) is 17.6. The number of nitrogens with one attached hydrogen (secondary N) is 1. The first kappa shape index (κ1) is 22.5. The smallest absolute Gasteiger partial charge is 0.193 e. The van der Waals surface area contributed by atoms with Crippen LogP contribution in [0.2, 0.25) is 0 Å². The maximum absolute atomic E-state index is 4.54. The summed E-state index contributed by atoms with van der Waals surface area (Å²) in [5, 5.41) is 3.56. The molecule has 0 saturated carbocycles. The number of halogens is 1. The lowest BCUT2D eigenvalue weighted by molar-refractivity contribution is 0.189. The Hall–Kier alpha value is -1.77. The van der Waals surface area contributed by atoms with Crippen LogP contribution in [0.4, 0.5) is 5.69 Å². The molecule has 1 aromatic heterocycles. The number of aromatic nitrogens is 2. The van der Waals surface area contributed by atoms with E-state index in [0.717, 1.165) is 32.0 Å². The minimum absolute atomic E-state index is 0. The van der Waals surface area contributed by atoms with Gasteiger partial charge < -0.3 is 19.7 Å². The molecule has 28 heavy (non-hydrogen) atoms. The predicted molar refractivity (Wildman–Crippen MR) is 128 cm³/mol. The van der Waals surface area contributed by atoms with Crippen molar-refractivity contribution in [1.29, 1.82) is 0 Å². The van der Waals surface area contributed by atoms with Gasteiger partial charge in [0.15, 0.2) is 5.96 Å². The second-order valence-electron chi connectivity index (χ2n) is 7.70. The van der Waals surface area contributed by atoms with E-state index in [1.165, 1.54) is 16.8 Å². The summed E-state index contributed by atoms with van der Waals surface area (Å²) >= 11 is 0. The number of nitrogens with zero attached hydrogens (tertiary/aromatic N) is 5. The van der Waals surface area contributed by atoms with Crippen molar-refractivity contribution >= 4 is 35.6 Å². The molecule has 1 aliphatic heterocycles. The highest BCUT2D eigenvalue weighted by Crippen LogP contribution is 2.27. The summed E-state index contributed by atoms with van der Waals surface area (Å²) in [4.78, 5) is 13.3. The number of benzene rings is 1. The monoisotopic (exact) mass is 496 g/mol. The summed E-state index contributed by atoms with van der Waals surface area (Å²) in [6.07, 6.45) is 7.01. The molecule has 0 aliphatic carbocycles. The molecule has 1 saturated heterocycles. The van der Waals surface area contributed by atoms with E-state index in [1.54, 1.807) is 0 Å². The number of likely N-dealkylation sites (tertiary alicyclic amines) is 1. The van der Waals surface area contributed by atoms with Crippen LogP contribution in [0.25, 0.3) is 0 Å². The minimum Gasteiger partial charge on any atom is -0.378 e. The minimum atomic E-state index is 0. The van der Waals surface area contributed by atoms with E-state index in [2.05, 4.69) is 82.0 Å². The number of imidazole rings is 1. The van der Waals surface area contributed by atoms with Gasteiger partial charge in [-0.2, -0.15) is 0 Å². The summed E-state index contributed by atoms with van der Waals surface area (Å²) < 4.78 is 2.23. The van der Waals surface area contributed by atoms with Gasteiger partial charge >= 0.3 is 0 Å². The number of hydrogen-bond acceptors (Lipinski definition) is 3. The van der Waals surface area contributed by atoms with E-state index in [0.29, 0.717) is 12.0 Å². The molecule has 1 N–H and O–H groups in total. The lowest BCUT2D eigenvalue weighted by atomic mass is 9.93. The molecule has 1 aliphatic rings. The molecule has 0 spiro atoms. The third-order valence-electron chi connectivity index (χ3n) is 5.62. The van der Waals surface area contributed by atoms with Gasteiger partial charge in [0.25, 0.3) is 0 Å². The van der Waals surface area contributed by atoms with Crippen LogP contribution < -0.4 is 10.2 Å². The zero-order valence-corrected chi connectivity index (χ0v) is 19.9. The Bertz CT molecular complexity index is 771. The van der Waals surface area contributed by atoms with Crippen molar-refractivity contribution in [1.82, 2.24) is 19.8 Å². The quantitative estimate of drug-likeness (QED) is 0.400. The van der Waals surface area contributed by atoms with Gasteiger partial charge in [0.2, 0.25) is 0 Å². The number of aryl methyl sites for hydroxylation is 1. The Morgan fingerprint density at radius 2 is 2.14 bits per heavy atom. The maximum atomic E-state index is 4.54. The van der Waals surface area contributed by atoms with Crippen LogP contribution in [0.15, 0.2) is 41.9 Å². The molecule has 2 atom stereocenters. The van der Waals surface area contributed by atoms with Gasteiger partial charge in [0.05, 0.1) is 12.4 Å². The average molecular weight is 496 g/mol. The van der Waals surface area contributed by atoms with Crippen LogP contribution in [0.5, 0.6) is 0 Å². The molecule has 2 unspecified atom stereocenters. The Balaban J connectivity index is 0.00000280. The number of aliphatic imine (C=N–C) groups is 1. The van der Waals surface area contributed by atoms with Crippen molar-refractivity contribution in [3.05, 3.63) is 48.0 Å². The van der Waals surface area contributed by atoms with Crippen LogP contribution in [0, 0.1) is 12.8 Å². The highest BCUT2D eigenvalue weighted by atomic mass is 127. The SMILES string of the molecule is CN=C(NCc1ccc(N(C)C)cc1C)N1CCC(C)C(n2ccnc2)C1.I. The second kappa shape index (κ2) is 10.1. The molecule has 3 rings (SSSR count). The lowest BCUT2D eigenvalue weighted by Gasteiger charge is -2.39. The highest BCUT2D eigenvalue weighted by molar-refractivity contribution is 14.0. The van der Waals surface area contributed by atoms with E-state index in [9.17, 15) is 0 Å². The van der Waals surface area contributed by atoms with Crippen molar-refractivity contribution < 1.29 is 0 Å². The van der Waals surface area contributed by atoms with E-state index in [1.807, 2.05) is 19.6 Å². The number of guanidine groups is 1. The van der Waals surface area contributed by atoms with Gasteiger partial charge in [-0.15, -0.1) is 24.0 Å². The van der Waals surface area contributed by atoms with Crippen LogP contribution >= 0.6 is 24.0 Å². The van der Waals surface area contributed by atoms with Gasteiger partial charge in [-0.05, 0) is 42.5 Å². The standard InChI is InChI=1S/C21H32N6.HI/c1-16-8-10-26(14-20(16)27-11-9-23-15-27)21(22-3)24-13-18-6-7-19(25(4)5)12-17(18)2;/h6-7,9,11-12,15-16,20H,8,10,13-14H2,1-5H3,(H,22,24);1H. The average Bonchev–Trinajstić information content (AvgIpc) is 3.18. The third-order valence-corrected chi connectivity index (χ3v) is 5.62. The normalized spacial score (nSPS) is 19.9. The van der Waals surface area contributed by atoms with Crippen LogP contribution in [0.3, 0.4) is 0 Å². The fourth-order valence-corrected chi connectivity index (χ4v) is 3.76. The van der Waals surface area contributed by atoms with Gasteiger partial charge in [-0.1, -0.05) is 13.0 Å². The van der Waals surface area contributed by atoms with E-state index >= 15 is 0 Å². The zero-order chi connectivity index (χ0) is 19.4. The molecule has 0 radical (unpaired) electrons. The number of hydrogen-bond donors (Lipinski definition) is 1. The van der Waals surface area contributed by atoms with Gasteiger partial charge in [0.1, 0.15) is 0 Å². The largest absolute Gasteiger partial charge is 0.378 e. The molecular formula is C21H33IN6. The molecule has 2 aromatic rings. The van der Waals surface area contributed by atoms with Crippen LogP contribution in [-0.4, -0.2) is 54.6 Å². The molecule has 0 bridgehead atoms. The van der Waals surface area contributed by atoms with Crippen molar-refractivity contribution in [3.8, 4) is 0 Å². The van der Waals surface area contributed by atoms with E-state index < -0.39 is 0 Å². The molecule has 1 aromatic carbocycles. The van der Waals surface area contributed by atoms with Crippen molar-refractivity contribution in [3.63, 3.8) is 0 Å². The van der Waals surface area contributed by atoms with Gasteiger partial charge in [-0.3, -0.25) is 4.99 Å². The Morgan fingerprint density at radius 1 is 1.36 bits per heavy atom. The molecule has 0 amide bonds. The number of rotatable bonds is 4. The van der Waals surface area contributed by atoms with Gasteiger partial charge in [-0.25, -0.2) is 4.98 Å². The fraction of sp³-hybridized carbons (Fsp3) is 0.524. The summed E-state index contributed by atoms with van der Waals surface area (Å²) in [7, 11) is 6.01. The molecule has 6 nitrogen and oxygen atoms in total. The van der Waals surface area contributed by atoms with Crippen molar-refractivity contribution in [2.45, 2.75) is 32.9 Å². The molecule has 2 heterocycles. The maximum Gasteiger partial charge on any atom is 0.193 e. The predicted octanol–water partition coefficient (Wildman–Crippen LogP) is 3.53. The fourth-order valence-electron chi connectivity index (χ4n) is 3.76. The second-order valence-corrected chi connectivity index (χ2v) is 7.70. The third kappa shape index (κ3) is 5.18. The topological polar surface area (TPSA) is 48.7 Å². The van der Waals surface area contributed by atoms with Crippen LogP contribution in [-0.2, 0) is 6.54 Å². The van der Waals surface area contributed by atoms with E-state index in [4.69, 9.17) is 0 Å². The van der Waals surface area contributed by atoms with Crippen molar-refractivity contribution in [2.24, 2.45) is 10.9 Å². The van der Waals surface area contributed by atoms with Crippen molar-refractivity contribution in [2.75, 3.05) is 39.1 Å². The lowest BCUT2D eigenvalue weighted by Crippen LogP contribution is -2.48. The highest BCUT2D eigenvalue weighted by Gasteiger charge is 2.28. The summed E-state index contributed by atoms with van der Waals surface area (Å²) in [6, 6.07) is 7.04. The molecule has 7 heteroatoms. The summed E-state index contributed by atoms with van der Waals surface area (Å²) in [6.45, 7) is 7.27. The summed E-state index contributed by atoms with van der Waals surface area (Å²) in [5.74, 6) is 1.61. The summed E-state index contributed by atoms with van der Waals surface area (Å²) in [5.41, 5.74) is 3.83. The number of piperidine rings is 1. The van der Waals surface area contributed by atoms with E-state index in [-0.39, 0.29) is 24.0 Å². The Labute approximate surface area is 186 Å². The Morgan fingerprint density at radius 3 is 2.75 bits per heavy atom. The molecule has 1 fully saturated rings. The first-order valence-electron chi connectivity index (χ1n) is 9.69. The first-order chi connectivity index (χ1) is 13.0. The van der Waals surface area contributed by atoms with Gasteiger partial charge in [0, 0.05) is 58.9 Å².